The van der Waals surface area contributed by atoms with Crippen LogP contribution in [0, 0.1) is 0 Å². The molecule has 4 heteroatoms. The number of rotatable bonds is 8. The van der Waals surface area contributed by atoms with Crippen molar-refractivity contribution in [2.45, 2.75) is 12.8 Å². The van der Waals surface area contributed by atoms with E-state index in [2.05, 4.69) is 10.6 Å². The van der Waals surface area contributed by atoms with Crippen molar-refractivity contribution >= 4 is 23.8 Å². The van der Waals surface area contributed by atoms with E-state index in [1.54, 1.807) is 0 Å². The van der Waals surface area contributed by atoms with Crippen molar-refractivity contribution in [3.05, 3.63) is 54.6 Å². The number of halogens is 1. The monoisotopic (exact) mass is 306 g/mol. The quantitative estimate of drug-likeness (QED) is 0.716. The number of hydrogen-bond donors (Lipinski definition) is 2. The third-order valence-corrected chi connectivity index (χ3v) is 3.02. The lowest BCUT2D eigenvalue weighted by Crippen LogP contribution is -2.09. The molecule has 0 aromatic heterocycles. The van der Waals surface area contributed by atoms with Crippen LogP contribution in [0.5, 0.6) is 5.75 Å². The van der Waals surface area contributed by atoms with Crippen LogP contribution in [-0.2, 0) is 0 Å². The summed E-state index contributed by atoms with van der Waals surface area (Å²) in [4.78, 5) is 0. The lowest BCUT2D eigenvalue weighted by Gasteiger charge is -2.13. The van der Waals surface area contributed by atoms with Crippen LogP contribution in [0.2, 0.25) is 0 Å². The molecule has 2 N–H and O–H groups in total. The molecule has 0 fully saturated rings. The van der Waals surface area contributed by atoms with E-state index in [4.69, 9.17) is 4.74 Å². The summed E-state index contributed by atoms with van der Waals surface area (Å²) in [5.41, 5.74) is 2.08. The van der Waals surface area contributed by atoms with Crippen LogP contribution >= 0.6 is 12.4 Å². The average molecular weight is 307 g/mol. The fourth-order valence-corrected chi connectivity index (χ4v) is 1.96. The largest absolute Gasteiger partial charge is 0.491 e. The Hall–Kier alpha value is -1.71. The van der Waals surface area contributed by atoms with Gasteiger partial charge in [-0.3, -0.25) is 0 Å². The number of anilines is 2. The van der Waals surface area contributed by atoms with Crippen LogP contribution in [0.4, 0.5) is 11.4 Å². The molecule has 21 heavy (non-hydrogen) atoms. The van der Waals surface area contributed by atoms with Gasteiger partial charge >= 0.3 is 0 Å². The molecule has 0 saturated heterocycles. The third-order valence-electron chi connectivity index (χ3n) is 3.02. The fourth-order valence-electron chi connectivity index (χ4n) is 1.96. The molecule has 2 aromatic rings. The first kappa shape index (κ1) is 17.3. The van der Waals surface area contributed by atoms with Crippen LogP contribution in [0.25, 0.3) is 0 Å². The lowest BCUT2D eigenvalue weighted by molar-refractivity contribution is 0.308. The molecule has 114 valence electrons. The number of nitrogens with one attached hydrogen (secondary N) is 2. The zero-order valence-corrected chi connectivity index (χ0v) is 13.2. The molecule has 2 aromatic carbocycles. The lowest BCUT2D eigenvalue weighted by atomic mass is 10.2. The first-order valence-corrected chi connectivity index (χ1v) is 7.08. The van der Waals surface area contributed by atoms with E-state index in [9.17, 15) is 0 Å². The molecule has 0 amide bonds. The number of hydrogen-bond acceptors (Lipinski definition) is 3. The van der Waals surface area contributed by atoms with Crippen LogP contribution < -0.4 is 15.4 Å². The highest BCUT2D eigenvalue weighted by Crippen LogP contribution is 2.27. The summed E-state index contributed by atoms with van der Waals surface area (Å²) in [6.45, 7) is 1.78. The molecular weight excluding hydrogens is 284 g/mol. The summed E-state index contributed by atoms with van der Waals surface area (Å²) in [7, 11) is 1.97. The zero-order chi connectivity index (χ0) is 14.0. The highest BCUT2D eigenvalue weighted by molar-refractivity contribution is 5.85. The summed E-state index contributed by atoms with van der Waals surface area (Å²) in [5.74, 6) is 0.904. The van der Waals surface area contributed by atoms with Crippen LogP contribution in [0.3, 0.4) is 0 Å². The number of ether oxygens (including phenoxy) is 1. The van der Waals surface area contributed by atoms with Crippen molar-refractivity contribution in [1.82, 2.24) is 5.32 Å². The highest BCUT2D eigenvalue weighted by Gasteiger charge is 2.02. The Bertz CT molecular complexity index is 505. The van der Waals surface area contributed by atoms with Gasteiger partial charge in [0, 0.05) is 5.69 Å². The van der Waals surface area contributed by atoms with E-state index in [-0.39, 0.29) is 12.4 Å². The van der Waals surface area contributed by atoms with E-state index < -0.39 is 0 Å². The second-order valence-corrected chi connectivity index (χ2v) is 4.65. The summed E-state index contributed by atoms with van der Waals surface area (Å²) in [6, 6.07) is 18.2. The molecule has 0 saturated carbocycles. The van der Waals surface area contributed by atoms with Gasteiger partial charge < -0.3 is 15.4 Å². The highest BCUT2D eigenvalue weighted by atomic mass is 35.5. The molecule has 0 aliphatic heterocycles. The summed E-state index contributed by atoms with van der Waals surface area (Å²) in [5, 5.41) is 6.53. The van der Waals surface area contributed by atoms with E-state index >= 15 is 0 Å². The molecule has 0 atom stereocenters. The van der Waals surface area contributed by atoms with Crippen molar-refractivity contribution in [2.24, 2.45) is 0 Å². The van der Waals surface area contributed by atoms with Gasteiger partial charge in [0.1, 0.15) is 5.75 Å². The first-order chi connectivity index (χ1) is 9.90. The molecule has 0 aliphatic rings. The Labute approximate surface area is 133 Å². The van der Waals surface area contributed by atoms with E-state index in [0.717, 1.165) is 43.1 Å². The molecule has 0 radical (unpaired) electrons. The van der Waals surface area contributed by atoms with Gasteiger partial charge in [-0.05, 0) is 50.7 Å². The average Bonchev–Trinajstić information content (AvgIpc) is 2.50. The Morgan fingerprint density at radius 1 is 0.905 bits per heavy atom. The smallest absolute Gasteiger partial charge is 0.142 e. The number of para-hydroxylation sites is 3. The van der Waals surface area contributed by atoms with Gasteiger partial charge in [-0.25, -0.2) is 0 Å². The topological polar surface area (TPSA) is 33.3 Å². The Kier molecular flexibility index (Phi) is 8.32. The second kappa shape index (κ2) is 10.1. The fraction of sp³-hybridized carbons (Fsp3) is 0.294. The predicted octanol–water partition coefficient (Wildman–Crippen LogP) is 4.23. The Balaban J connectivity index is 0.00000220. The maximum absolute atomic E-state index is 5.87. The zero-order valence-electron chi connectivity index (χ0n) is 12.3. The van der Waals surface area contributed by atoms with Gasteiger partial charge in [0.25, 0.3) is 0 Å². The van der Waals surface area contributed by atoms with Gasteiger partial charge in [0.05, 0.1) is 12.3 Å². The van der Waals surface area contributed by atoms with Crippen molar-refractivity contribution in [3.8, 4) is 5.75 Å². The molecule has 2 rings (SSSR count). The van der Waals surface area contributed by atoms with Crippen LogP contribution in [0.1, 0.15) is 12.8 Å². The van der Waals surface area contributed by atoms with E-state index in [0.29, 0.717) is 0 Å². The standard InChI is InChI=1S/C17H22N2O.ClH/c1-18-13-7-8-14-20-17-12-6-5-11-16(17)19-15-9-3-2-4-10-15;/h2-6,9-12,18-19H,7-8,13-14H2,1H3;1H. The maximum atomic E-state index is 5.87. The summed E-state index contributed by atoms with van der Waals surface area (Å²) in [6.07, 6.45) is 2.19. The minimum absolute atomic E-state index is 0. The second-order valence-electron chi connectivity index (χ2n) is 4.65. The minimum atomic E-state index is 0. The summed E-state index contributed by atoms with van der Waals surface area (Å²) < 4.78 is 5.87. The molecule has 0 spiro atoms. The van der Waals surface area contributed by atoms with Crippen molar-refractivity contribution in [3.63, 3.8) is 0 Å². The van der Waals surface area contributed by atoms with Gasteiger partial charge in [-0.2, -0.15) is 0 Å². The van der Waals surface area contributed by atoms with Crippen LogP contribution in [0.15, 0.2) is 54.6 Å². The Morgan fingerprint density at radius 3 is 2.38 bits per heavy atom. The van der Waals surface area contributed by atoms with Gasteiger partial charge in [0.15, 0.2) is 0 Å². The van der Waals surface area contributed by atoms with E-state index in [1.165, 1.54) is 0 Å². The maximum Gasteiger partial charge on any atom is 0.142 e. The predicted molar refractivity (Wildman–Crippen MR) is 92.1 cm³/mol. The van der Waals surface area contributed by atoms with Crippen molar-refractivity contribution in [2.75, 3.05) is 25.5 Å². The molecule has 3 nitrogen and oxygen atoms in total. The normalized spacial score (nSPS) is 9.76. The molecular formula is C17H23ClN2O. The number of unbranched alkanes of at least 4 members (excludes halogenated alkanes) is 1. The molecule has 0 bridgehead atoms. The molecule has 0 heterocycles. The van der Waals surface area contributed by atoms with Crippen molar-refractivity contribution in [1.29, 1.82) is 0 Å². The van der Waals surface area contributed by atoms with Gasteiger partial charge in [-0.15, -0.1) is 12.4 Å². The number of benzene rings is 2. The SMILES string of the molecule is CNCCCCOc1ccccc1Nc1ccccc1.Cl. The Morgan fingerprint density at radius 2 is 1.62 bits per heavy atom. The first-order valence-electron chi connectivity index (χ1n) is 7.08. The van der Waals surface area contributed by atoms with E-state index in [1.807, 2.05) is 61.6 Å². The van der Waals surface area contributed by atoms with Gasteiger partial charge in [-0.1, -0.05) is 30.3 Å². The van der Waals surface area contributed by atoms with Crippen molar-refractivity contribution < 1.29 is 4.74 Å². The van der Waals surface area contributed by atoms with Crippen LogP contribution in [-0.4, -0.2) is 20.2 Å². The van der Waals surface area contributed by atoms with Gasteiger partial charge in [0.2, 0.25) is 0 Å². The molecule has 0 unspecified atom stereocenters. The third kappa shape index (κ3) is 6.06. The molecule has 0 aliphatic carbocycles. The summed E-state index contributed by atoms with van der Waals surface area (Å²) >= 11 is 0. The minimum Gasteiger partial charge on any atom is -0.491 e.